The predicted octanol–water partition coefficient (Wildman–Crippen LogP) is 1.97. The number of thioether (sulfide) groups is 1. The molecule has 0 aromatic rings. The van der Waals surface area contributed by atoms with Crippen molar-refractivity contribution in [2.75, 3.05) is 12.0 Å². The summed E-state index contributed by atoms with van der Waals surface area (Å²) in [6, 6.07) is -1.03. The topological polar surface area (TPSA) is 74.7 Å². The van der Waals surface area contributed by atoms with E-state index in [1.807, 2.05) is 6.26 Å². The highest BCUT2D eigenvalue weighted by atomic mass is 79.9. The van der Waals surface area contributed by atoms with E-state index < -0.39 is 12.0 Å². The van der Waals surface area contributed by atoms with Gasteiger partial charge < -0.3 is 5.11 Å². The molecule has 2 aliphatic carbocycles. The maximum atomic E-state index is 12.7. The molecule has 1 N–H and O–H groups in total. The molecule has 1 aliphatic heterocycles. The van der Waals surface area contributed by atoms with E-state index in [2.05, 4.69) is 31.9 Å². The molecule has 0 aromatic carbocycles. The first-order valence-corrected chi connectivity index (χ1v) is 10.5. The zero-order valence-electron chi connectivity index (χ0n) is 11.9. The lowest BCUT2D eigenvalue weighted by Gasteiger charge is -2.28. The van der Waals surface area contributed by atoms with Crippen LogP contribution < -0.4 is 0 Å². The number of likely N-dealkylation sites (tertiary alicyclic amines) is 1. The third-order valence-corrected chi connectivity index (χ3v) is 9.06. The highest BCUT2D eigenvalue weighted by Gasteiger charge is 2.67. The number of alkyl halides is 2. The van der Waals surface area contributed by atoms with E-state index in [1.165, 1.54) is 11.8 Å². The summed E-state index contributed by atoms with van der Waals surface area (Å²) in [6.45, 7) is 0. The van der Waals surface area contributed by atoms with Crippen LogP contribution in [0.4, 0.5) is 0 Å². The normalized spacial score (nSPS) is 41.1. The first kappa shape index (κ1) is 16.8. The monoisotopic (exact) mass is 453 g/mol. The van der Waals surface area contributed by atoms with Gasteiger partial charge in [-0.05, 0) is 36.7 Å². The van der Waals surface area contributed by atoms with Gasteiger partial charge in [-0.1, -0.05) is 31.9 Å². The minimum atomic E-state index is -1.09. The Morgan fingerprint density at radius 2 is 1.77 bits per heavy atom. The van der Waals surface area contributed by atoms with Gasteiger partial charge in [0.05, 0.1) is 11.8 Å². The zero-order chi connectivity index (χ0) is 16.2. The van der Waals surface area contributed by atoms with Crippen LogP contribution in [0.3, 0.4) is 0 Å². The fourth-order valence-electron chi connectivity index (χ4n) is 4.27. The predicted molar refractivity (Wildman–Crippen MR) is 90.3 cm³/mol. The van der Waals surface area contributed by atoms with Gasteiger partial charge in [-0.25, -0.2) is 4.79 Å². The smallest absolute Gasteiger partial charge is 0.326 e. The fourth-order valence-corrected chi connectivity index (χ4v) is 6.60. The Bertz CT molecular complexity index is 499. The summed E-state index contributed by atoms with van der Waals surface area (Å²) in [5, 5.41) is 9.44. The molecular weight excluding hydrogens is 438 g/mol. The number of nitrogens with zero attached hydrogens (tertiary/aromatic N) is 1. The molecule has 2 amide bonds. The van der Waals surface area contributed by atoms with E-state index in [9.17, 15) is 19.5 Å². The van der Waals surface area contributed by atoms with Crippen LogP contribution in [-0.4, -0.2) is 55.5 Å². The van der Waals surface area contributed by atoms with Crippen LogP contribution in [0.5, 0.6) is 0 Å². The molecule has 22 heavy (non-hydrogen) atoms. The summed E-state index contributed by atoms with van der Waals surface area (Å²) >= 11 is 8.76. The van der Waals surface area contributed by atoms with Crippen molar-refractivity contribution >= 4 is 61.4 Å². The Balaban J connectivity index is 1.88. The van der Waals surface area contributed by atoms with Crippen LogP contribution in [0, 0.1) is 23.7 Å². The number of hydrogen-bond donors (Lipinski definition) is 1. The summed E-state index contributed by atoms with van der Waals surface area (Å²) < 4.78 is 0. The zero-order valence-corrected chi connectivity index (χ0v) is 15.9. The molecule has 8 heteroatoms. The molecule has 2 bridgehead atoms. The van der Waals surface area contributed by atoms with Crippen LogP contribution in [0.15, 0.2) is 0 Å². The number of hydrogen-bond acceptors (Lipinski definition) is 4. The number of rotatable bonds is 5. The summed E-state index contributed by atoms with van der Waals surface area (Å²) in [7, 11) is 0. The highest BCUT2D eigenvalue weighted by Crippen LogP contribution is 2.60. The summed E-state index contributed by atoms with van der Waals surface area (Å²) in [6.07, 6.45) is 3.04. The number of halogens is 2. The first-order valence-electron chi connectivity index (χ1n) is 7.27. The van der Waals surface area contributed by atoms with E-state index in [4.69, 9.17) is 0 Å². The van der Waals surface area contributed by atoms with E-state index >= 15 is 0 Å². The molecule has 3 rings (SSSR count). The second-order valence-electron chi connectivity index (χ2n) is 6.19. The standard InChI is InChI=1S/C14H17Br2NO4S/c1-22-3-2-7(14(20)21)17-12(18)8-5-4-6(9(8)13(17)19)11(16)10(5)15/h5-11H,2-4H2,1H3,(H,20,21)/t5-,6+,7?,8+,9-,10?,11?. The third-order valence-electron chi connectivity index (χ3n) is 5.21. The maximum absolute atomic E-state index is 12.7. The maximum Gasteiger partial charge on any atom is 0.326 e. The van der Waals surface area contributed by atoms with Crippen molar-refractivity contribution in [3.63, 3.8) is 0 Å². The van der Waals surface area contributed by atoms with Crippen molar-refractivity contribution in [1.29, 1.82) is 0 Å². The third kappa shape index (κ3) is 2.28. The second kappa shape index (κ2) is 6.09. The van der Waals surface area contributed by atoms with Crippen molar-refractivity contribution in [3.05, 3.63) is 0 Å². The lowest BCUT2D eigenvalue weighted by atomic mass is 9.81. The molecule has 0 radical (unpaired) electrons. The SMILES string of the molecule is CSCCC(C(=O)O)N1C(=O)[C@@H]2[C@H](C1=O)[C@@H]1C[C@H]2C(Br)C1Br. The van der Waals surface area contributed by atoms with Crippen molar-refractivity contribution < 1.29 is 19.5 Å². The number of aliphatic carboxylic acids is 1. The van der Waals surface area contributed by atoms with E-state index in [1.54, 1.807) is 0 Å². The summed E-state index contributed by atoms with van der Waals surface area (Å²) in [5.74, 6) is -1.47. The molecule has 3 unspecified atom stereocenters. The van der Waals surface area contributed by atoms with E-state index in [-0.39, 0.29) is 45.1 Å². The van der Waals surface area contributed by atoms with Gasteiger partial charge in [0.1, 0.15) is 6.04 Å². The van der Waals surface area contributed by atoms with Gasteiger partial charge in [0.2, 0.25) is 11.8 Å². The summed E-state index contributed by atoms with van der Waals surface area (Å²) in [5.41, 5.74) is 0. The first-order chi connectivity index (χ1) is 10.4. The quantitative estimate of drug-likeness (QED) is 0.507. The molecule has 0 spiro atoms. The molecule has 0 aromatic heterocycles. The van der Waals surface area contributed by atoms with Crippen LogP contribution >= 0.6 is 43.6 Å². The average molecular weight is 455 g/mol. The Morgan fingerprint density at radius 3 is 2.18 bits per heavy atom. The summed E-state index contributed by atoms with van der Waals surface area (Å²) in [4.78, 5) is 38.4. The van der Waals surface area contributed by atoms with Crippen molar-refractivity contribution in [2.24, 2.45) is 23.7 Å². The lowest BCUT2D eigenvalue weighted by molar-refractivity contribution is -0.155. The number of carboxylic acid groups (broad SMARTS) is 1. The van der Waals surface area contributed by atoms with Gasteiger partial charge in [0.15, 0.2) is 0 Å². The minimum Gasteiger partial charge on any atom is -0.480 e. The Morgan fingerprint density at radius 1 is 1.27 bits per heavy atom. The molecule has 7 atom stereocenters. The largest absolute Gasteiger partial charge is 0.480 e. The molecule has 122 valence electrons. The van der Waals surface area contributed by atoms with E-state index in [0.29, 0.717) is 12.2 Å². The minimum absolute atomic E-state index is 0.121. The number of carbonyl (C=O) groups is 3. The fraction of sp³-hybridized carbons (Fsp3) is 0.786. The molecular formula is C14H17Br2NO4S. The van der Waals surface area contributed by atoms with Gasteiger partial charge in [-0.15, -0.1) is 0 Å². The van der Waals surface area contributed by atoms with Crippen molar-refractivity contribution in [3.8, 4) is 0 Å². The number of carboxylic acids is 1. The number of imide groups is 1. The van der Waals surface area contributed by atoms with Crippen LogP contribution in [-0.2, 0) is 14.4 Å². The van der Waals surface area contributed by atoms with Gasteiger partial charge in [-0.2, -0.15) is 11.8 Å². The Kier molecular flexibility index (Phi) is 4.64. The van der Waals surface area contributed by atoms with Crippen LogP contribution in [0.1, 0.15) is 12.8 Å². The Labute approximate surface area is 149 Å². The molecule has 1 saturated heterocycles. The van der Waals surface area contributed by atoms with Crippen LogP contribution in [0.25, 0.3) is 0 Å². The lowest BCUT2D eigenvalue weighted by Crippen LogP contribution is -2.46. The van der Waals surface area contributed by atoms with Gasteiger partial charge >= 0.3 is 5.97 Å². The van der Waals surface area contributed by atoms with Gasteiger partial charge in [-0.3, -0.25) is 14.5 Å². The van der Waals surface area contributed by atoms with Crippen molar-refractivity contribution in [2.45, 2.75) is 28.5 Å². The molecule has 3 fully saturated rings. The van der Waals surface area contributed by atoms with Crippen LogP contribution in [0.2, 0.25) is 0 Å². The van der Waals surface area contributed by atoms with Gasteiger partial charge in [0, 0.05) is 9.65 Å². The number of carbonyl (C=O) groups excluding carboxylic acids is 2. The molecule has 3 aliphatic rings. The highest BCUT2D eigenvalue weighted by molar-refractivity contribution is 9.12. The molecule has 5 nitrogen and oxygen atoms in total. The molecule has 2 saturated carbocycles. The average Bonchev–Trinajstić information content (AvgIpc) is 3.06. The van der Waals surface area contributed by atoms with Gasteiger partial charge in [0.25, 0.3) is 0 Å². The molecule has 1 heterocycles. The second-order valence-corrected chi connectivity index (χ2v) is 9.29. The van der Waals surface area contributed by atoms with E-state index in [0.717, 1.165) is 11.3 Å². The number of amides is 2. The number of fused-ring (bicyclic) bond motifs is 5. The van der Waals surface area contributed by atoms with Crippen molar-refractivity contribution in [1.82, 2.24) is 4.90 Å². The Hall–Kier alpha value is -0.0800.